The van der Waals surface area contributed by atoms with Gasteiger partial charge in [-0.15, -0.1) is 22.7 Å². The van der Waals surface area contributed by atoms with Crippen LogP contribution in [0.4, 0.5) is 0 Å². The maximum absolute atomic E-state index is 2.40. The van der Waals surface area contributed by atoms with Crippen LogP contribution in [0.3, 0.4) is 0 Å². The Labute approximate surface area is 113 Å². The molecule has 0 bridgehead atoms. The first kappa shape index (κ1) is 13.1. The van der Waals surface area contributed by atoms with Gasteiger partial charge in [0.1, 0.15) is 0 Å². The topological polar surface area (TPSA) is 0 Å². The molecule has 0 aromatic carbocycles. The molecular weight excluding hydrogens is 244 g/mol. The van der Waals surface area contributed by atoms with E-state index in [0.29, 0.717) is 0 Å². The van der Waals surface area contributed by atoms with Crippen LogP contribution in [0.25, 0.3) is 9.40 Å². The molecule has 0 nitrogen and oxygen atoms in total. The lowest BCUT2D eigenvalue weighted by atomic mass is 9.92. The minimum atomic E-state index is 0.273. The van der Waals surface area contributed by atoms with Gasteiger partial charge >= 0.3 is 0 Å². The molecule has 2 heteroatoms. The van der Waals surface area contributed by atoms with Gasteiger partial charge < -0.3 is 0 Å². The van der Waals surface area contributed by atoms with E-state index in [1.165, 1.54) is 19.8 Å². The van der Waals surface area contributed by atoms with Gasteiger partial charge in [-0.1, -0.05) is 41.5 Å². The summed E-state index contributed by atoms with van der Waals surface area (Å²) in [5.41, 5.74) is 2.05. The minimum absolute atomic E-state index is 0.273. The Morgan fingerprint density at radius 1 is 0.882 bits per heavy atom. The molecule has 2 rings (SSSR count). The Kier molecular flexibility index (Phi) is 2.95. The molecule has 2 aromatic rings. The first-order valence-corrected chi connectivity index (χ1v) is 7.78. The van der Waals surface area contributed by atoms with Crippen molar-refractivity contribution in [2.45, 2.75) is 59.3 Å². The molecule has 2 aromatic heterocycles. The lowest BCUT2D eigenvalue weighted by molar-refractivity contribution is 0.601. The van der Waals surface area contributed by atoms with Crippen LogP contribution in [0.15, 0.2) is 6.07 Å². The second-order valence-electron chi connectivity index (χ2n) is 6.86. The van der Waals surface area contributed by atoms with Crippen molar-refractivity contribution in [3.63, 3.8) is 0 Å². The van der Waals surface area contributed by atoms with Crippen molar-refractivity contribution < 1.29 is 0 Å². The number of aryl methyl sites for hydroxylation is 1. The molecule has 0 saturated carbocycles. The smallest absolute Gasteiger partial charge is 0.0485 e. The summed E-state index contributed by atoms with van der Waals surface area (Å²) >= 11 is 3.96. The van der Waals surface area contributed by atoms with E-state index in [0.717, 1.165) is 0 Å². The lowest BCUT2D eigenvalue weighted by Crippen LogP contribution is -2.10. The summed E-state index contributed by atoms with van der Waals surface area (Å²) in [4.78, 5) is 3.04. The van der Waals surface area contributed by atoms with E-state index in [1.807, 2.05) is 22.7 Å². The normalized spacial score (nSPS) is 13.6. The average Bonchev–Trinajstić information content (AvgIpc) is 2.63. The van der Waals surface area contributed by atoms with Crippen molar-refractivity contribution in [2.75, 3.05) is 0 Å². The molecule has 0 N–H and O–H groups in total. The van der Waals surface area contributed by atoms with E-state index in [-0.39, 0.29) is 10.8 Å². The van der Waals surface area contributed by atoms with Crippen LogP contribution in [0.2, 0.25) is 0 Å². The van der Waals surface area contributed by atoms with Crippen LogP contribution in [0, 0.1) is 6.92 Å². The predicted molar refractivity (Wildman–Crippen MR) is 81.8 cm³/mol. The van der Waals surface area contributed by atoms with Gasteiger partial charge in [0.15, 0.2) is 0 Å². The SMILES string of the molecule is Cc1c(C(C)(C)C)sc2cc(C(C)(C)C)sc12. The molecule has 17 heavy (non-hydrogen) atoms. The number of hydrogen-bond acceptors (Lipinski definition) is 2. The molecule has 0 fully saturated rings. The molecule has 0 aliphatic rings. The average molecular weight is 266 g/mol. The van der Waals surface area contributed by atoms with Crippen LogP contribution in [0.5, 0.6) is 0 Å². The summed E-state index contributed by atoms with van der Waals surface area (Å²) in [5, 5.41) is 0. The summed E-state index contributed by atoms with van der Waals surface area (Å²) in [7, 11) is 0. The molecule has 0 aliphatic heterocycles. The van der Waals surface area contributed by atoms with Crippen LogP contribution in [-0.2, 0) is 10.8 Å². The Morgan fingerprint density at radius 3 is 1.88 bits per heavy atom. The maximum Gasteiger partial charge on any atom is 0.0485 e. The standard InChI is InChI=1S/C15H22S2/c1-9-12-10(16-13(9)15(5,6)7)8-11(17-12)14(2,3)4/h8H,1-7H3. The molecule has 0 spiro atoms. The first-order valence-electron chi connectivity index (χ1n) is 6.14. The number of fused-ring (bicyclic) bond motifs is 1. The van der Waals surface area contributed by atoms with Crippen molar-refractivity contribution in [3.8, 4) is 0 Å². The highest BCUT2D eigenvalue weighted by Gasteiger charge is 2.24. The van der Waals surface area contributed by atoms with Crippen LogP contribution in [-0.4, -0.2) is 0 Å². The molecule has 0 unspecified atom stereocenters. The quantitative estimate of drug-likeness (QED) is 0.559. The predicted octanol–water partition coefficient (Wildman–Crippen LogP) is 5.87. The first-order chi connectivity index (χ1) is 7.60. The number of hydrogen-bond donors (Lipinski definition) is 0. The van der Waals surface area contributed by atoms with Crippen molar-refractivity contribution in [3.05, 3.63) is 21.4 Å². The zero-order valence-electron chi connectivity index (χ0n) is 11.9. The third kappa shape index (κ3) is 2.30. The van der Waals surface area contributed by atoms with Gasteiger partial charge in [-0.05, 0) is 29.4 Å². The van der Waals surface area contributed by atoms with Gasteiger partial charge in [0, 0.05) is 19.2 Å². The van der Waals surface area contributed by atoms with Gasteiger partial charge in [0.2, 0.25) is 0 Å². The second kappa shape index (κ2) is 3.83. The summed E-state index contributed by atoms with van der Waals surface area (Å²) in [5.74, 6) is 0. The maximum atomic E-state index is 2.40. The molecule has 2 heterocycles. The number of thiophene rings is 2. The van der Waals surface area contributed by atoms with E-state index >= 15 is 0 Å². The summed E-state index contributed by atoms with van der Waals surface area (Å²) in [6.07, 6.45) is 0. The lowest BCUT2D eigenvalue weighted by Gasteiger charge is -2.18. The van der Waals surface area contributed by atoms with Gasteiger partial charge in [-0.3, -0.25) is 0 Å². The Balaban J connectivity index is 2.61. The monoisotopic (exact) mass is 266 g/mol. The summed E-state index contributed by atoms with van der Waals surface area (Å²) < 4.78 is 2.98. The third-order valence-corrected chi connectivity index (χ3v) is 6.49. The molecular formula is C15H22S2. The van der Waals surface area contributed by atoms with Crippen molar-refractivity contribution in [1.82, 2.24) is 0 Å². The Morgan fingerprint density at radius 2 is 1.47 bits per heavy atom. The Hall–Kier alpha value is -0.340. The van der Waals surface area contributed by atoms with Crippen LogP contribution in [0.1, 0.15) is 56.9 Å². The Bertz CT molecular complexity index is 542. The fourth-order valence-electron chi connectivity index (χ4n) is 2.09. The van der Waals surface area contributed by atoms with Crippen LogP contribution < -0.4 is 0 Å². The molecule has 94 valence electrons. The van der Waals surface area contributed by atoms with Crippen LogP contribution >= 0.6 is 22.7 Å². The van der Waals surface area contributed by atoms with Gasteiger partial charge in [0.25, 0.3) is 0 Å². The van der Waals surface area contributed by atoms with E-state index in [2.05, 4.69) is 54.5 Å². The fraction of sp³-hybridized carbons (Fsp3) is 0.600. The van der Waals surface area contributed by atoms with Gasteiger partial charge in [-0.2, -0.15) is 0 Å². The molecule has 0 aliphatic carbocycles. The fourth-order valence-corrected chi connectivity index (χ4v) is 4.80. The number of rotatable bonds is 0. The second-order valence-corrected chi connectivity index (χ2v) is 8.96. The molecule has 0 radical (unpaired) electrons. The summed E-state index contributed by atoms with van der Waals surface area (Å²) in [6, 6.07) is 2.40. The van der Waals surface area contributed by atoms with E-state index in [4.69, 9.17) is 0 Å². The van der Waals surface area contributed by atoms with Crippen molar-refractivity contribution in [1.29, 1.82) is 0 Å². The zero-order valence-corrected chi connectivity index (χ0v) is 13.5. The van der Waals surface area contributed by atoms with E-state index in [1.54, 1.807) is 4.88 Å². The molecule has 0 atom stereocenters. The van der Waals surface area contributed by atoms with E-state index in [9.17, 15) is 0 Å². The van der Waals surface area contributed by atoms with E-state index < -0.39 is 0 Å². The minimum Gasteiger partial charge on any atom is -0.139 e. The van der Waals surface area contributed by atoms with Gasteiger partial charge in [0.05, 0.1) is 0 Å². The highest BCUT2D eigenvalue weighted by Crippen LogP contribution is 2.44. The highest BCUT2D eigenvalue weighted by molar-refractivity contribution is 7.28. The van der Waals surface area contributed by atoms with Crippen molar-refractivity contribution >= 4 is 32.1 Å². The van der Waals surface area contributed by atoms with Crippen molar-refractivity contribution in [2.24, 2.45) is 0 Å². The summed E-state index contributed by atoms with van der Waals surface area (Å²) in [6.45, 7) is 16.1. The third-order valence-electron chi connectivity index (χ3n) is 3.01. The largest absolute Gasteiger partial charge is 0.139 e. The molecule has 0 amide bonds. The molecule has 0 saturated heterocycles. The van der Waals surface area contributed by atoms with Gasteiger partial charge in [-0.25, -0.2) is 0 Å². The zero-order chi connectivity index (χ0) is 13.0. The highest BCUT2D eigenvalue weighted by atomic mass is 32.1.